The Bertz CT molecular complexity index is 623. The van der Waals surface area contributed by atoms with Crippen molar-refractivity contribution in [2.75, 3.05) is 0 Å². The van der Waals surface area contributed by atoms with E-state index in [0.29, 0.717) is 0 Å². The summed E-state index contributed by atoms with van der Waals surface area (Å²) in [4.78, 5) is 25.4. The third-order valence-electron chi connectivity index (χ3n) is 5.47. The second kappa shape index (κ2) is 8.00. The molecule has 1 fully saturated rings. The molecule has 25 heavy (non-hydrogen) atoms. The maximum atomic E-state index is 12.7. The number of amides is 2. The molecule has 0 saturated heterocycles. The fraction of sp³-hybridized carbons (Fsp3) is 0.600. The van der Waals surface area contributed by atoms with Gasteiger partial charge in [0.2, 0.25) is 5.91 Å². The summed E-state index contributed by atoms with van der Waals surface area (Å²) < 4.78 is 0. The zero-order chi connectivity index (χ0) is 17.8. The standard InChI is InChI=1S/C20H29N3O2/c1-13(2)18(20(25)22-16-9-5-6-10-16)23-19(24)17-11-14-7-3-4-8-15(14)12-21-17/h3-4,7-8,13,16-18,21H,5-6,9-12H2,1-2H3,(H,22,25)(H,23,24)/p+1/t17-,18+/m0/s1. The highest BCUT2D eigenvalue weighted by Gasteiger charge is 2.33. The molecule has 2 amide bonds. The molecule has 4 N–H and O–H groups in total. The van der Waals surface area contributed by atoms with Gasteiger partial charge in [0.05, 0.1) is 0 Å². The van der Waals surface area contributed by atoms with Crippen LogP contribution >= 0.6 is 0 Å². The number of nitrogens with one attached hydrogen (secondary N) is 2. The van der Waals surface area contributed by atoms with Crippen molar-refractivity contribution in [2.45, 2.75) is 70.6 Å². The van der Waals surface area contributed by atoms with Gasteiger partial charge in [0.15, 0.2) is 6.04 Å². The molecule has 5 nitrogen and oxygen atoms in total. The van der Waals surface area contributed by atoms with Crippen molar-refractivity contribution in [3.05, 3.63) is 35.4 Å². The zero-order valence-electron chi connectivity index (χ0n) is 15.3. The Hall–Kier alpha value is -1.88. The lowest BCUT2D eigenvalue weighted by atomic mass is 9.94. The zero-order valence-corrected chi connectivity index (χ0v) is 15.3. The number of rotatable bonds is 5. The lowest BCUT2D eigenvalue weighted by Gasteiger charge is -2.27. The van der Waals surface area contributed by atoms with E-state index in [1.54, 1.807) is 0 Å². The van der Waals surface area contributed by atoms with E-state index in [-0.39, 0.29) is 29.8 Å². The molecule has 1 aromatic rings. The molecule has 0 spiro atoms. The highest BCUT2D eigenvalue weighted by Crippen LogP contribution is 2.18. The highest BCUT2D eigenvalue weighted by atomic mass is 16.2. The average Bonchev–Trinajstić information content (AvgIpc) is 3.11. The molecule has 0 bridgehead atoms. The molecule has 2 atom stereocenters. The average molecular weight is 344 g/mol. The Balaban J connectivity index is 1.60. The molecule has 1 aliphatic heterocycles. The summed E-state index contributed by atoms with van der Waals surface area (Å²) in [5.41, 5.74) is 2.53. The third-order valence-corrected chi connectivity index (χ3v) is 5.47. The van der Waals surface area contributed by atoms with Crippen LogP contribution in [0, 0.1) is 5.92 Å². The fourth-order valence-corrected chi connectivity index (χ4v) is 3.90. The van der Waals surface area contributed by atoms with Gasteiger partial charge in [-0.1, -0.05) is 51.0 Å². The molecule has 1 saturated carbocycles. The summed E-state index contributed by atoms with van der Waals surface area (Å²) in [5.74, 6) is 0.00228. The molecule has 1 aromatic carbocycles. The number of quaternary nitrogens is 1. The highest BCUT2D eigenvalue weighted by molar-refractivity contribution is 5.89. The van der Waals surface area contributed by atoms with E-state index in [2.05, 4.69) is 28.1 Å². The lowest BCUT2D eigenvalue weighted by Crippen LogP contribution is -2.93. The second-order valence-corrected chi connectivity index (χ2v) is 7.74. The van der Waals surface area contributed by atoms with Crippen LogP contribution in [0.1, 0.15) is 50.7 Å². The number of nitrogens with two attached hydrogens (primary N) is 1. The molecule has 2 aliphatic rings. The molecule has 0 unspecified atom stereocenters. The van der Waals surface area contributed by atoms with Crippen molar-refractivity contribution in [3.63, 3.8) is 0 Å². The minimum Gasteiger partial charge on any atom is -0.352 e. The molecule has 0 radical (unpaired) electrons. The summed E-state index contributed by atoms with van der Waals surface area (Å²) in [6.45, 7) is 4.78. The topological polar surface area (TPSA) is 74.8 Å². The van der Waals surface area contributed by atoms with Crippen molar-refractivity contribution >= 4 is 11.8 Å². The Morgan fingerprint density at radius 1 is 1.12 bits per heavy atom. The van der Waals surface area contributed by atoms with E-state index in [9.17, 15) is 9.59 Å². The Kier molecular flexibility index (Phi) is 5.74. The van der Waals surface area contributed by atoms with Gasteiger partial charge in [0.25, 0.3) is 5.91 Å². The monoisotopic (exact) mass is 344 g/mol. The number of benzene rings is 1. The van der Waals surface area contributed by atoms with Gasteiger partial charge in [-0.2, -0.15) is 0 Å². The SMILES string of the molecule is CC(C)[C@@H](NC(=O)[C@@H]1Cc2ccccc2C[NH2+]1)C(=O)NC1CCCC1. The summed E-state index contributed by atoms with van der Waals surface area (Å²) in [5, 5.41) is 8.20. The summed E-state index contributed by atoms with van der Waals surface area (Å²) in [6, 6.07) is 7.93. The van der Waals surface area contributed by atoms with E-state index in [4.69, 9.17) is 0 Å². The third kappa shape index (κ3) is 4.40. The van der Waals surface area contributed by atoms with Crippen LogP contribution in [0.4, 0.5) is 0 Å². The van der Waals surface area contributed by atoms with Crippen LogP contribution in [-0.2, 0) is 22.6 Å². The molecule has 1 heterocycles. The van der Waals surface area contributed by atoms with Gasteiger partial charge in [-0.25, -0.2) is 0 Å². The maximum absolute atomic E-state index is 12.7. The van der Waals surface area contributed by atoms with Crippen LogP contribution in [-0.4, -0.2) is 29.9 Å². The van der Waals surface area contributed by atoms with Gasteiger partial charge >= 0.3 is 0 Å². The minimum atomic E-state index is -0.460. The first-order valence-electron chi connectivity index (χ1n) is 9.55. The number of hydrogen-bond donors (Lipinski definition) is 3. The first-order chi connectivity index (χ1) is 12.0. The predicted molar refractivity (Wildman–Crippen MR) is 96.7 cm³/mol. The number of hydrogen-bond acceptors (Lipinski definition) is 2. The van der Waals surface area contributed by atoms with Gasteiger partial charge < -0.3 is 16.0 Å². The van der Waals surface area contributed by atoms with Gasteiger partial charge in [0.1, 0.15) is 12.6 Å². The summed E-state index contributed by atoms with van der Waals surface area (Å²) >= 11 is 0. The minimum absolute atomic E-state index is 0.0326. The second-order valence-electron chi connectivity index (χ2n) is 7.74. The van der Waals surface area contributed by atoms with Crippen LogP contribution in [0.5, 0.6) is 0 Å². The maximum Gasteiger partial charge on any atom is 0.279 e. The van der Waals surface area contributed by atoms with Crippen LogP contribution in [0.15, 0.2) is 24.3 Å². The molecular weight excluding hydrogens is 314 g/mol. The van der Waals surface area contributed by atoms with Crippen LogP contribution in [0.2, 0.25) is 0 Å². The Labute approximate surface area is 150 Å². The van der Waals surface area contributed by atoms with Crippen molar-refractivity contribution in [1.29, 1.82) is 0 Å². The molecule has 5 heteroatoms. The Morgan fingerprint density at radius 3 is 2.48 bits per heavy atom. The summed E-state index contributed by atoms with van der Waals surface area (Å²) in [7, 11) is 0. The van der Waals surface area contributed by atoms with Crippen LogP contribution in [0.3, 0.4) is 0 Å². The van der Waals surface area contributed by atoms with Gasteiger partial charge in [-0.3, -0.25) is 9.59 Å². The molecule has 3 rings (SSSR count). The van der Waals surface area contributed by atoms with Gasteiger partial charge in [-0.15, -0.1) is 0 Å². The van der Waals surface area contributed by atoms with E-state index in [0.717, 1.165) is 25.8 Å². The van der Waals surface area contributed by atoms with E-state index >= 15 is 0 Å². The first kappa shape index (κ1) is 17.9. The van der Waals surface area contributed by atoms with Gasteiger partial charge in [-0.05, 0) is 24.3 Å². The molecule has 136 valence electrons. The van der Waals surface area contributed by atoms with Crippen LogP contribution in [0.25, 0.3) is 0 Å². The normalized spacial score (nSPS) is 21.6. The molecule has 0 aromatic heterocycles. The van der Waals surface area contributed by atoms with Crippen molar-refractivity contribution in [3.8, 4) is 0 Å². The molecule has 1 aliphatic carbocycles. The predicted octanol–water partition coefficient (Wildman–Crippen LogP) is 0.874. The lowest BCUT2D eigenvalue weighted by molar-refractivity contribution is -0.695. The number of carbonyl (C=O) groups excluding carboxylic acids is 2. The van der Waals surface area contributed by atoms with E-state index < -0.39 is 6.04 Å². The summed E-state index contributed by atoms with van der Waals surface area (Å²) in [6.07, 6.45) is 5.19. The largest absolute Gasteiger partial charge is 0.352 e. The number of carbonyl (C=O) groups is 2. The van der Waals surface area contributed by atoms with Gasteiger partial charge in [0, 0.05) is 18.0 Å². The van der Waals surface area contributed by atoms with Crippen molar-refractivity contribution < 1.29 is 14.9 Å². The smallest absolute Gasteiger partial charge is 0.279 e. The van der Waals surface area contributed by atoms with E-state index in [1.165, 1.54) is 24.0 Å². The number of fused-ring (bicyclic) bond motifs is 1. The fourth-order valence-electron chi connectivity index (χ4n) is 3.90. The van der Waals surface area contributed by atoms with Crippen molar-refractivity contribution in [2.24, 2.45) is 5.92 Å². The van der Waals surface area contributed by atoms with Crippen molar-refractivity contribution in [1.82, 2.24) is 10.6 Å². The first-order valence-corrected chi connectivity index (χ1v) is 9.55. The Morgan fingerprint density at radius 2 is 1.80 bits per heavy atom. The quantitative estimate of drug-likeness (QED) is 0.742. The molecular formula is C20H30N3O2+. The van der Waals surface area contributed by atoms with Crippen LogP contribution < -0.4 is 16.0 Å². The van der Waals surface area contributed by atoms with E-state index in [1.807, 2.05) is 26.0 Å².